The molecule has 0 aliphatic heterocycles. The van der Waals surface area contributed by atoms with Gasteiger partial charge >= 0.3 is 5.97 Å². The number of carbonyl (C=O) groups is 3. The molecule has 2 rings (SSSR count). The summed E-state index contributed by atoms with van der Waals surface area (Å²) in [5.74, 6) is -1.03. The van der Waals surface area contributed by atoms with Gasteiger partial charge in [-0.1, -0.05) is 6.07 Å². The van der Waals surface area contributed by atoms with Gasteiger partial charge in [-0.15, -0.1) is 11.3 Å². The molecule has 0 fully saturated rings. The van der Waals surface area contributed by atoms with E-state index in [1.54, 1.807) is 31.2 Å². The number of hydrogen-bond acceptors (Lipinski definition) is 5. The lowest BCUT2D eigenvalue weighted by Crippen LogP contribution is -2.15. The van der Waals surface area contributed by atoms with Crippen LogP contribution in [0.25, 0.3) is 0 Å². The maximum absolute atomic E-state index is 12.5. The van der Waals surface area contributed by atoms with E-state index in [2.05, 4.69) is 10.6 Å². The molecule has 0 aliphatic rings. The number of hydrogen-bond donors (Lipinski definition) is 2. The van der Waals surface area contributed by atoms with Crippen molar-refractivity contribution in [3.05, 3.63) is 45.8 Å². The predicted molar refractivity (Wildman–Crippen MR) is 98.4 cm³/mol. The summed E-state index contributed by atoms with van der Waals surface area (Å²) in [4.78, 5) is 36.8. The monoisotopic (exact) mass is 360 g/mol. The van der Waals surface area contributed by atoms with Gasteiger partial charge in [0, 0.05) is 23.1 Å². The van der Waals surface area contributed by atoms with Gasteiger partial charge in [-0.25, -0.2) is 4.79 Å². The van der Waals surface area contributed by atoms with Crippen LogP contribution in [0.15, 0.2) is 24.3 Å². The van der Waals surface area contributed by atoms with Gasteiger partial charge < -0.3 is 15.4 Å². The first-order valence-electron chi connectivity index (χ1n) is 7.79. The third-order valence-corrected chi connectivity index (χ3v) is 4.66. The third kappa shape index (κ3) is 4.45. The van der Waals surface area contributed by atoms with Crippen molar-refractivity contribution in [1.29, 1.82) is 0 Å². The highest BCUT2D eigenvalue weighted by Crippen LogP contribution is 2.33. The smallest absolute Gasteiger partial charge is 0.341 e. The largest absolute Gasteiger partial charge is 0.462 e. The molecule has 25 heavy (non-hydrogen) atoms. The van der Waals surface area contributed by atoms with Gasteiger partial charge in [0.05, 0.1) is 12.2 Å². The molecule has 0 bridgehead atoms. The van der Waals surface area contributed by atoms with Crippen molar-refractivity contribution >= 4 is 39.8 Å². The van der Waals surface area contributed by atoms with Crippen molar-refractivity contribution in [1.82, 2.24) is 0 Å². The molecule has 6 nitrogen and oxygen atoms in total. The van der Waals surface area contributed by atoms with Crippen molar-refractivity contribution in [2.75, 3.05) is 17.2 Å². The first kappa shape index (κ1) is 18.7. The predicted octanol–water partition coefficient (Wildman–Crippen LogP) is 3.75. The zero-order chi connectivity index (χ0) is 18.6. The van der Waals surface area contributed by atoms with E-state index in [-0.39, 0.29) is 18.4 Å². The van der Waals surface area contributed by atoms with Gasteiger partial charge in [0.1, 0.15) is 5.00 Å². The number of nitrogens with one attached hydrogen (secondary N) is 2. The van der Waals surface area contributed by atoms with E-state index >= 15 is 0 Å². The van der Waals surface area contributed by atoms with Gasteiger partial charge in [0.2, 0.25) is 5.91 Å². The number of amides is 2. The molecule has 1 aromatic heterocycles. The molecule has 1 heterocycles. The summed E-state index contributed by atoms with van der Waals surface area (Å²) in [6.07, 6.45) is 0. The van der Waals surface area contributed by atoms with E-state index in [1.165, 1.54) is 18.3 Å². The minimum atomic E-state index is -0.452. The Labute approximate surface area is 150 Å². The Balaban J connectivity index is 2.28. The van der Waals surface area contributed by atoms with Crippen LogP contribution in [-0.2, 0) is 9.53 Å². The number of thiophene rings is 1. The fourth-order valence-electron chi connectivity index (χ4n) is 2.28. The quantitative estimate of drug-likeness (QED) is 0.795. The van der Waals surface area contributed by atoms with Crippen molar-refractivity contribution in [3.63, 3.8) is 0 Å². The second-order valence-corrected chi connectivity index (χ2v) is 6.65. The molecule has 0 aliphatic carbocycles. The van der Waals surface area contributed by atoms with Gasteiger partial charge in [-0.3, -0.25) is 9.59 Å². The van der Waals surface area contributed by atoms with Gasteiger partial charge in [-0.2, -0.15) is 0 Å². The van der Waals surface area contributed by atoms with E-state index in [0.29, 0.717) is 21.8 Å². The van der Waals surface area contributed by atoms with Crippen LogP contribution in [0.2, 0.25) is 0 Å². The summed E-state index contributed by atoms with van der Waals surface area (Å²) in [7, 11) is 0. The summed E-state index contributed by atoms with van der Waals surface area (Å²) in [5, 5.41) is 5.87. The van der Waals surface area contributed by atoms with Crippen LogP contribution in [0.3, 0.4) is 0 Å². The van der Waals surface area contributed by atoms with Crippen molar-refractivity contribution in [2.45, 2.75) is 27.7 Å². The second-order valence-electron chi connectivity index (χ2n) is 5.42. The normalized spacial score (nSPS) is 10.2. The molecule has 0 saturated heterocycles. The topological polar surface area (TPSA) is 84.5 Å². The molecule has 0 saturated carbocycles. The Morgan fingerprint density at radius 1 is 1.16 bits per heavy atom. The summed E-state index contributed by atoms with van der Waals surface area (Å²) in [5.41, 5.74) is 2.09. The summed E-state index contributed by atoms with van der Waals surface area (Å²) < 4.78 is 5.08. The molecular formula is C18H20N2O4S. The van der Waals surface area contributed by atoms with E-state index in [4.69, 9.17) is 4.74 Å². The highest BCUT2D eigenvalue weighted by Gasteiger charge is 2.22. The fourth-order valence-corrected chi connectivity index (χ4v) is 3.32. The van der Waals surface area contributed by atoms with E-state index in [1.807, 2.05) is 13.8 Å². The number of ether oxygens (including phenoxy) is 1. The molecule has 2 amide bonds. The minimum Gasteiger partial charge on any atom is -0.462 e. The number of benzene rings is 1. The summed E-state index contributed by atoms with van der Waals surface area (Å²) in [6.45, 7) is 7.11. The van der Waals surface area contributed by atoms with Crippen LogP contribution >= 0.6 is 11.3 Å². The standard InChI is InChI=1S/C18H20N2O4S/c1-5-24-18(23)15-10(2)11(3)25-17(15)20-16(22)13-7-6-8-14(9-13)19-12(4)21/h6-9H,5H2,1-4H3,(H,19,21)(H,20,22). The number of carbonyl (C=O) groups excluding carboxylic acids is 3. The molecule has 132 valence electrons. The maximum Gasteiger partial charge on any atom is 0.341 e. The van der Waals surface area contributed by atoms with Crippen molar-refractivity contribution in [2.24, 2.45) is 0 Å². The lowest BCUT2D eigenvalue weighted by atomic mass is 10.1. The van der Waals surface area contributed by atoms with Crippen LogP contribution in [-0.4, -0.2) is 24.4 Å². The molecule has 0 atom stereocenters. The lowest BCUT2D eigenvalue weighted by Gasteiger charge is -2.08. The van der Waals surface area contributed by atoms with Crippen molar-refractivity contribution < 1.29 is 19.1 Å². The lowest BCUT2D eigenvalue weighted by molar-refractivity contribution is -0.114. The molecule has 2 N–H and O–H groups in total. The molecule has 2 aromatic rings. The second kappa shape index (κ2) is 7.94. The highest BCUT2D eigenvalue weighted by molar-refractivity contribution is 7.16. The van der Waals surface area contributed by atoms with Crippen LogP contribution < -0.4 is 10.6 Å². The Kier molecular flexibility index (Phi) is 5.93. The first-order valence-corrected chi connectivity index (χ1v) is 8.61. The number of rotatable bonds is 5. The average molecular weight is 360 g/mol. The van der Waals surface area contributed by atoms with E-state index in [0.717, 1.165) is 10.4 Å². The SMILES string of the molecule is CCOC(=O)c1c(NC(=O)c2cccc(NC(C)=O)c2)sc(C)c1C. The molecule has 0 unspecified atom stereocenters. The highest BCUT2D eigenvalue weighted by atomic mass is 32.1. The van der Waals surface area contributed by atoms with Crippen LogP contribution in [0.5, 0.6) is 0 Å². The Hall–Kier alpha value is -2.67. The van der Waals surface area contributed by atoms with E-state index < -0.39 is 5.97 Å². The molecular weight excluding hydrogens is 340 g/mol. The number of aryl methyl sites for hydroxylation is 1. The molecule has 1 aromatic carbocycles. The summed E-state index contributed by atoms with van der Waals surface area (Å²) in [6, 6.07) is 6.59. The van der Waals surface area contributed by atoms with Gasteiger partial charge in [0.15, 0.2) is 0 Å². The zero-order valence-corrected chi connectivity index (χ0v) is 15.4. The van der Waals surface area contributed by atoms with Crippen LogP contribution in [0, 0.1) is 13.8 Å². The Morgan fingerprint density at radius 3 is 2.52 bits per heavy atom. The van der Waals surface area contributed by atoms with Crippen LogP contribution in [0.4, 0.5) is 10.7 Å². The molecule has 0 radical (unpaired) electrons. The molecule has 0 spiro atoms. The Morgan fingerprint density at radius 2 is 1.88 bits per heavy atom. The van der Waals surface area contributed by atoms with E-state index in [9.17, 15) is 14.4 Å². The summed E-state index contributed by atoms with van der Waals surface area (Å²) >= 11 is 1.33. The van der Waals surface area contributed by atoms with Crippen molar-refractivity contribution in [3.8, 4) is 0 Å². The number of esters is 1. The van der Waals surface area contributed by atoms with Gasteiger partial charge in [-0.05, 0) is 44.5 Å². The average Bonchev–Trinajstić information content (AvgIpc) is 2.81. The van der Waals surface area contributed by atoms with Gasteiger partial charge in [0.25, 0.3) is 5.91 Å². The minimum absolute atomic E-state index is 0.216. The fraction of sp³-hybridized carbons (Fsp3) is 0.278. The number of anilines is 2. The Bertz CT molecular complexity index is 826. The first-order chi connectivity index (χ1) is 11.8. The zero-order valence-electron chi connectivity index (χ0n) is 14.6. The third-order valence-electron chi connectivity index (χ3n) is 3.54. The van der Waals surface area contributed by atoms with Crippen LogP contribution in [0.1, 0.15) is 45.0 Å². The maximum atomic E-state index is 12.5. The molecule has 7 heteroatoms.